The molecule has 0 atom stereocenters. The van der Waals surface area contributed by atoms with Crippen molar-refractivity contribution in [2.75, 3.05) is 0 Å². The highest BCUT2D eigenvalue weighted by atomic mass is 35.5. The topological polar surface area (TPSA) is 4.36 Å². The zero-order chi connectivity index (χ0) is 82.1. The van der Waals surface area contributed by atoms with Gasteiger partial charge in [0, 0.05) is 41.4 Å². The van der Waals surface area contributed by atoms with Crippen LogP contribution < -0.4 is 0 Å². The Kier molecular flexibility index (Phi) is 52.3. The molecule has 0 spiro atoms. The highest BCUT2D eigenvalue weighted by Crippen LogP contribution is 2.33. The van der Waals surface area contributed by atoms with Crippen LogP contribution in [0.2, 0.25) is 5.02 Å². The first kappa shape index (κ1) is 102. The van der Waals surface area contributed by atoms with Crippen LogP contribution in [0.25, 0.3) is 4.85 Å². The Hall–Kier alpha value is -4.03. The molecule has 596 valence electrons. The monoisotopic (exact) mass is 1710 g/mol. The maximum Gasteiger partial charge on any atom is 0.201 e. The Balaban J connectivity index is 0.000000589. The Labute approximate surface area is 707 Å². The first-order valence-corrected chi connectivity index (χ1v) is 48.6. The van der Waals surface area contributed by atoms with Crippen molar-refractivity contribution in [1.82, 2.24) is 0 Å². The van der Waals surface area contributed by atoms with Gasteiger partial charge in [-0.1, -0.05) is 178 Å². The molecule has 108 heavy (non-hydrogen) atoms. The SMILES string of the molecule is CC(C)c1ccsc1.CC(C)c1ccsc1F.CC(C)c1csc(F)c1.CC(C)c1cscc1Cl.CC(C)c1cscc1F.Cc1cscc1C(C)C.Cc1cscc1C(C)C.Cc1sccc1C(C)C.Cc1sccc1C(C)C.Cc1sccc1C(C)C.Cc1sccc1C(C)C.[C-]#[N+]c1cscc1C(C)C. The van der Waals surface area contributed by atoms with E-state index in [1.807, 2.05) is 101 Å². The molecule has 0 saturated heterocycles. The second-order valence-electron chi connectivity index (χ2n) is 29.7. The fourth-order valence-electron chi connectivity index (χ4n) is 10.1. The Morgan fingerprint density at radius 1 is 0.287 bits per heavy atom. The third-order valence-corrected chi connectivity index (χ3v) is 26.8. The van der Waals surface area contributed by atoms with E-state index in [0.717, 1.165) is 27.4 Å². The summed E-state index contributed by atoms with van der Waals surface area (Å²) in [5.74, 6) is 6.90. The molecule has 0 saturated carbocycles. The predicted octanol–water partition coefficient (Wildman–Crippen LogP) is 37.9. The second kappa shape index (κ2) is 55.4. The van der Waals surface area contributed by atoms with Gasteiger partial charge in [0.2, 0.25) is 5.69 Å². The average molecular weight is 1710 g/mol. The van der Waals surface area contributed by atoms with Crippen molar-refractivity contribution in [3.8, 4) is 0 Å². The number of thiophene rings is 12. The van der Waals surface area contributed by atoms with Crippen molar-refractivity contribution >= 4 is 153 Å². The molecule has 0 unspecified atom stereocenters. The van der Waals surface area contributed by atoms with Gasteiger partial charge in [0.1, 0.15) is 5.82 Å². The molecule has 0 radical (unpaired) electrons. The van der Waals surface area contributed by atoms with Crippen molar-refractivity contribution in [1.29, 1.82) is 0 Å². The molecule has 12 aromatic heterocycles. The van der Waals surface area contributed by atoms with Gasteiger partial charge in [0.05, 0.1) is 11.6 Å². The first-order valence-electron chi connectivity index (χ1n) is 37.3. The molecule has 0 aliphatic carbocycles. The summed E-state index contributed by atoms with van der Waals surface area (Å²) in [5.41, 5.74) is 19.4. The van der Waals surface area contributed by atoms with Gasteiger partial charge >= 0.3 is 0 Å². The fraction of sp³-hybridized carbons (Fsp3) is 0.462. The van der Waals surface area contributed by atoms with Crippen LogP contribution in [0.5, 0.6) is 0 Å². The van der Waals surface area contributed by atoms with Crippen LogP contribution in [0.15, 0.2) is 139 Å². The summed E-state index contributed by atoms with van der Waals surface area (Å²) in [6.45, 7) is 71.7. The van der Waals surface area contributed by atoms with E-state index < -0.39 is 0 Å². The van der Waals surface area contributed by atoms with Crippen molar-refractivity contribution in [2.45, 2.75) is 279 Å². The van der Waals surface area contributed by atoms with Crippen LogP contribution in [0.1, 0.15) is 335 Å². The van der Waals surface area contributed by atoms with Crippen LogP contribution in [0, 0.1) is 64.2 Å². The third-order valence-electron chi connectivity index (χ3n) is 16.8. The van der Waals surface area contributed by atoms with Crippen LogP contribution in [0.4, 0.5) is 18.9 Å². The normalized spacial score (nSPS) is 10.6. The minimum absolute atomic E-state index is 0.0370. The molecule has 0 aliphatic rings. The largest absolute Gasteiger partial charge is 0.237 e. The summed E-state index contributed by atoms with van der Waals surface area (Å²) < 4.78 is 37.5. The van der Waals surface area contributed by atoms with E-state index in [-0.39, 0.29) is 16.1 Å². The zero-order valence-electron chi connectivity index (χ0n) is 70.2. The number of halogens is 4. The highest BCUT2D eigenvalue weighted by molar-refractivity contribution is 7.12. The van der Waals surface area contributed by atoms with E-state index in [9.17, 15) is 13.2 Å². The summed E-state index contributed by atoms with van der Waals surface area (Å²) in [5, 5.41) is 37.7. The summed E-state index contributed by atoms with van der Waals surface area (Å²) in [6.07, 6.45) is 0. The van der Waals surface area contributed by atoms with Gasteiger partial charge in [-0.3, -0.25) is 0 Å². The molecule has 12 rings (SSSR count). The molecular formula is C91H127ClF3NS12. The van der Waals surface area contributed by atoms with Crippen molar-refractivity contribution in [3.05, 3.63) is 269 Å². The van der Waals surface area contributed by atoms with Gasteiger partial charge < -0.3 is 0 Å². The molecule has 0 amide bonds. The number of hydrogen-bond donors (Lipinski definition) is 0. The highest BCUT2D eigenvalue weighted by Gasteiger charge is 2.11. The molecular weight excluding hydrogens is 1580 g/mol. The lowest BCUT2D eigenvalue weighted by molar-refractivity contribution is 0.605. The number of nitrogens with zero attached hydrogens (tertiary/aromatic N) is 1. The smallest absolute Gasteiger partial charge is 0.201 e. The third kappa shape index (κ3) is 39.6. The lowest BCUT2D eigenvalue weighted by Crippen LogP contribution is -1.85. The van der Waals surface area contributed by atoms with E-state index in [1.54, 1.807) is 68.1 Å². The number of aryl methyl sites for hydroxylation is 6. The number of rotatable bonds is 12. The molecule has 12 aromatic rings. The molecule has 17 heteroatoms. The predicted molar refractivity (Wildman–Crippen MR) is 500 cm³/mol. The van der Waals surface area contributed by atoms with Gasteiger partial charge in [-0.05, 0) is 308 Å². The molecule has 12 heterocycles. The summed E-state index contributed by atoms with van der Waals surface area (Å²) >= 11 is 25.6. The molecule has 0 aliphatic heterocycles. The average Bonchev–Trinajstić information content (AvgIpc) is 1.77. The van der Waals surface area contributed by atoms with E-state index in [1.165, 1.54) is 120 Å². The van der Waals surface area contributed by atoms with Gasteiger partial charge in [-0.15, -0.1) is 79.4 Å². The van der Waals surface area contributed by atoms with Gasteiger partial charge in [-0.25, -0.2) is 9.24 Å². The first-order chi connectivity index (χ1) is 50.7. The Morgan fingerprint density at radius 2 is 0.611 bits per heavy atom. The lowest BCUT2D eigenvalue weighted by Gasteiger charge is -2.01. The summed E-state index contributed by atoms with van der Waals surface area (Å²) in [7, 11) is 0. The van der Waals surface area contributed by atoms with Gasteiger partial charge in [-0.2, -0.15) is 65.5 Å². The molecule has 0 N–H and O–H groups in total. The lowest BCUT2D eigenvalue weighted by atomic mass is 10.0. The van der Waals surface area contributed by atoms with Crippen molar-refractivity contribution in [2.24, 2.45) is 0 Å². The van der Waals surface area contributed by atoms with Crippen LogP contribution in [-0.4, -0.2) is 0 Å². The van der Waals surface area contributed by atoms with Crippen molar-refractivity contribution in [3.63, 3.8) is 0 Å². The van der Waals surface area contributed by atoms with Crippen LogP contribution in [0.3, 0.4) is 0 Å². The molecule has 0 fully saturated rings. The summed E-state index contributed by atoms with van der Waals surface area (Å²) in [4.78, 5) is 9.26. The molecule has 1 nitrogen and oxygen atoms in total. The second-order valence-corrected chi connectivity index (χ2v) is 40.8. The van der Waals surface area contributed by atoms with Crippen LogP contribution >= 0.6 is 148 Å². The maximum atomic E-state index is 12.6. The minimum Gasteiger partial charge on any atom is -0.237 e. The Morgan fingerprint density at radius 3 is 0.778 bits per heavy atom. The van der Waals surface area contributed by atoms with Gasteiger partial charge in [0.25, 0.3) is 0 Å². The zero-order valence-corrected chi connectivity index (χ0v) is 80.8. The standard InChI is InChI=1S/C8H9NS.6C8H12S.C7H9ClS.3C7H9FS.C7H10S/c1-6(2)7-4-10-5-8(7)9-3;2*1-6(2)8-5-9-4-7(8)3;4*1-6(2)8-4-5-9-7(8)3;2*1-5(2)6-3-9-4-7(6)8;1-5(2)6-3-7(8)9-4-6;1-5(2)6-3-4-9-7(6)8;1-6(2)7-3-4-8-5-7/h4-6H,1-2H3;6*4-6H,1-3H3;4*3-5H,1-2H3;3-6H,1-2H3. The Bertz CT molecular complexity index is 3580. The quantitative estimate of drug-likeness (QED) is 0.107. The molecule has 0 bridgehead atoms. The van der Waals surface area contributed by atoms with Crippen molar-refractivity contribution < 1.29 is 13.2 Å². The van der Waals surface area contributed by atoms with Crippen LogP contribution in [-0.2, 0) is 0 Å². The van der Waals surface area contributed by atoms with E-state index in [0.29, 0.717) is 71.0 Å². The number of hydrogen-bond acceptors (Lipinski definition) is 12. The fourth-order valence-corrected chi connectivity index (χ4v) is 21.1. The minimum atomic E-state index is -0.0845. The van der Waals surface area contributed by atoms with E-state index in [2.05, 4.69) is 280 Å². The van der Waals surface area contributed by atoms with E-state index >= 15 is 0 Å². The van der Waals surface area contributed by atoms with E-state index in [4.69, 9.17) is 18.2 Å². The maximum absolute atomic E-state index is 12.6. The molecule has 0 aromatic carbocycles. The summed E-state index contributed by atoms with van der Waals surface area (Å²) in [6, 6.07) is 14.5. The van der Waals surface area contributed by atoms with Gasteiger partial charge in [0.15, 0.2) is 10.3 Å².